The van der Waals surface area contributed by atoms with Crippen LogP contribution in [0.1, 0.15) is 13.3 Å². The van der Waals surface area contributed by atoms with Gasteiger partial charge in [0.1, 0.15) is 13.1 Å². The number of carbonyl (C=O) groups excluding carboxylic acids is 1. The Kier molecular flexibility index (Phi) is 7.65. The molecular formula is C10H17F3N2O3S. The number of hydrogen-bond acceptors (Lipinski definition) is 3. The van der Waals surface area contributed by atoms with Gasteiger partial charge in [0.15, 0.2) is 0 Å². The zero-order chi connectivity index (χ0) is 15.1. The predicted octanol–water partition coefficient (Wildman–Crippen LogP) is 1.79. The van der Waals surface area contributed by atoms with Crippen LogP contribution in [0.2, 0.25) is 0 Å². The molecule has 0 aliphatic heterocycles. The normalized spacial score (nSPS) is 12.9. The predicted molar refractivity (Wildman–Crippen MR) is 66.3 cm³/mol. The van der Waals surface area contributed by atoms with Gasteiger partial charge in [0, 0.05) is 11.8 Å². The van der Waals surface area contributed by atoms with Crippen LogP contribution in [-0.4, -0.2) is 59.3 Å². The second-order valence-electron chi connectivity index (χ2n) is 3.87. The molecule has 0 aliphatic carbocycles. The van der Waals surface area contributed by atoms with E-state index in [0.29, 0.717) is 12.2 Å². The zero-order valence-electron chi connectivity index (χ0n) is 10.7. The van der Waals surface area contributed by atoms with E-state index in [1.807, 2.05) is 0 Å². The van der Waals surface area contributed by atoms with E-state index in [1.165, 1.54) is 11.8 Å². The number of carboxylic acid groups (broad SMARTS) is 1. The van der Waals surface area contributed by atoms with Gasteiger partial charge >= 0.3 is 18.2 Å². The molecular weight excluding hydrogens is 285 g/mol. The molecule has 1 atom stereocenters. The standard InChI is InChI=1S/C10H17F3N2O3S/c1-3-7(5-19-2)14-9(18)15(4-8(16)17)6-10(11,12)13/h7H,3-6H2,1-2H3,(H,14,18)(H,16,17). The van der Waals surface area contributed by atoms with Crippen molar-refractivity contribution < 1.29 is 27.9 Å². The summed E-state index contributed by atoms with van der Waals surface area (Å²) in [6.07, 6.45) is -2.27. The first-order chi connectivity index (χ1) is 8.69. The van der Waals surface area contributed by atoms with Gasteiger partial charge in [-0.1, -0.05) is 6.92 Å². The highest BCUT2D eigenvalue weighted by Crippen LogP contribution is 2.16. The van der Waals surface area contributed by atoms with Crippen molar-refractivity contribution in [3.05, 3.63) is 0 Å². The maximum Gasteiger partial charge on any atom is 0.406 e. The highest BCUT2D eigenvalue weighted by molar-refractivity contribution is 7.98. The van der Waals surface area contributed by atoms with E-state index in [4.69, 9.17) is 5.11 Å². The lowest BCUT2D eigenvalue weighted by atomic mass is 10.2. The zero-order valence-corrected chi connectivity index (χ0v) is 11.5. The number of carbonyl (C=O) groups is 2. The van der Waals surface area contributed by atoms with Gasteiger partial charge in [0.05, 0.1) is 0 Å². The summed E-state index contributed by atoms with van der Waals surface area (Å²) in [6.45, 7) is -0.783. The monoisotopic (exact) mass is 302 g/mol. The lowest BCUT2D eigenvalue weighted by molar-refractivity contribution is -0.149. The fourth-order valence-electron chi connectivity index (χ4n) is 1.31. The average Bonchev–Trinajstić information content (AvgIpc) is 2.24. The molecule has 19 heavy (non-hydrogen) atoms. The van der Waals surface area contributed by atoms with Crippen molar-refractivity contribution in [3.8, 4) is 0 Å². The van der Waals surface area contributed by atoms with Gasteiger partial charge in [-0.2, -0.15) is 24.9 Å². The topological polar surface area (TPSA) is 69.6 Å². The van der Waals surface area contributed by atoms with Crippen LogP contribution in [0, 0.1) is 0 Å². The van der Waals surface area contributed by atoms with Crippen LogP contribution in [0.15, 0.2) is 0 Å². The molecule has 0 aromatic heterocycles. The number of amides is 2. The lowest BCUT2D eigenvalue weighted by Crippen LogP contribution is -2.50. The van der Waals surface area contributed by atoms with Crippen molar-refractivity contribution in [3.63, 3.8) is 0 Å². The third kappa shape index (κ3) is 8.57. The molecule has 0 spiro atoms. The molecule has 2 amide bonds. The molecule has 0 aromatic carbocycles. The highest BCUT2D eigenvalue weighted by Gasteiger charge is 2.34. The molecule has 0 fully saturated rings. The second-order valence-corrected chi connectivity index (χ2v) is 4.79. The number of urea groups is 1. The maximum absolute atomic E-state index is 12.3. The van der Waals surface area contributed by atoms with E-state index in [-0.39, 0.29) is 10.9 Å². The van der Waals surface area contributed by atoms with Crippen LogP contribution in [-0.2, 0) is 4.79 Å². The highest BCUT2D eigenvalue weighted by atomic mass is 32.2. The van der Waals surface area contributed by atoms with Crippen molar-refractivity contribution in [2.24, 2.45) is 0 Å². The van der Waals surface area contributed by atoms with E-state index in [2.05, 4.69) is 5.32 Å². The van der Waals surface area contributed by atoms with Gasteiger partial charge in [-0.25, -0.2) is 4.79 Å². The second kappa shape index (κ2) is 8.13. The number of nitrogens with zero attached hydrogens (tertiary/aromatic N) is 1. The van der Waals surface area contributed by atoms with Gasteiger partial charge in [-0.3, -0.25) is 4.79 Å². The Morgan fingerprint density at radius 3 is 2.37 bits per heavy atom. The number of rotatable bonds is 7. The third-order valence-electron chi connectivity index (χ3n) is 2.17. The molecule has 5 nitrogen and oxygen atoms in total. The van der Waals surface area contributed by atoms with E-state index in [0.717, 1.165) is 0 Å². The fraction of sp³-hybridized carbons (Fsp3) is 0.800. The van der Waals surface area contributed by atoms with E-state index in [1.54, 1.807) is 13.2 Å². The smallest absolute Gasteiger partial charge is 0.406 e. The van der Waals surface area contributed by atoms with Crippen molar-refractivity contribution in [2.45, 2.75) is 25.6 Å². The van der Waals surface area contributed by atoms with Crippen molar-refractivity contribution >= 4 is 23.8 Å². The Morgan fingerprint density at radius 1 is 1.42 bits per heavy atom. The number of carboxylic acids is 1. The largest absolute Gasteiger partial charge is 0.480 e. The SMILES string of the molecule is CCC(CSC)NC(=O)N(CC(=O)O)CC(F)(F)F. The van der Waals surface area contributed by atoms with Crippen LogP contribution in [0.25, 0.3) is 0 Å². The molecule has 0 saturated carbocycles. The Hall–Kier alpha value is -1.12. The molecule has 2 N–H and O–H groups in total. The van der Waals surface area contributed by atoms with Crippen LogP contribution < -0.4 is 5.32 Å². The summed E-state index contributed by atoms with van der Waals surface area (Å²) >= 11 is 1.44. The molecule has 0 saturated heterocycles. The van der Waals surface area contributed by atoms with Crippen LogP contribution in [0.5, 0.6) is 0 Å². The molecule has 0 heterocycles. The quantitative estimate of drug-likeness (QED) is 0.752. The first kappa shape index (κ1) is 17.9. The van der Waals surface area contributed by atoms with Gasteiger partial charge in [0.25, 0.3) is 0 Å². The lowest BCUT2D eigenvalue weighted by Gasteiger charge is -2.25. The molecule has 0 radical (unpaired) electrons. The summed E-state index contributed by atoms with van der Waals surface area (Å²) in [5.74, 6) is -0.938. The minimum Gasteiger partial charge on any atom is -0.480 e. The van der Waals surface area contributed by atoms with Crippen LogP contribution >= 0.6 is 11.8 Å². The summed E-state index contributed by atoms with van der Waals surface area (Å²) in [4.78, 5) is 22.4. The minimum absolute atomic E-state index is 0.241. The van der Waals surface area contributed by atoms with E-state index >= 15 is 0 Å². The summed E-state index contributed by atoms with van der Waals surface area (Å²) < 4.78 is 36.8. The van der Waals surface area contributed by atoms with Gasteiger partial charge in [-0.15, -0.1) is 0 Å². The van der Waals surface area contributed by atoms with Crippen molar-refractivity contribution in [2.75, 3.05) is 25.1 Å². The van der Waals surface area contributed by atoms with Crippen molar-refractivity contribution in [1.29, 1.82) is 0 Å². The van der Waals surface area contributed by atoms with Gasteiger partial charge < -0.3 is 15.3 Å². The van der Waals surface area contributed by atoms with Crippen LogP contribution in [0.3, 0.4) is 0 Å². The third-order valence-corrected chi connectivity index (χ3v) is 2.91. The Labute approximate surface area is 113 Å². The number of alkyl halides is 3. The Morgan fingerprint density at radius 2 is 2.00 bits per heavy atom. The number of aliphatic carboxylic acids is 1. The Bertz CT molecular complexity index is 313. The summed E-state index contributed by atoms with van der Waals surface area (Å²) in [5, 5.41) is 10.9. The maximum atomic E-state index is 12.3. The van der Waals surface area contributed by atoms with E-state index < -0.39 is 31.3 Å². The minimum atomic E-state index is -4.63. The molecule has 0 aliphatic rings. The number of thioether (sulfide) groups is 1. The molecule has 0 bridgehead atoms. The average molecular weight is 302 g/mol. The van der Waals surface area contributed by atoms with Gasteiger partial charge in [-0.05, 0) is 12.7 Å². The summed E-state index contributed by atoms with van der Waals surface area (Å²) in [5.41, 5.74) is 0. The molecule has 0 aromatic rings. The Balaban J connectivity index is 4.65. The first-order valence-electron chi connectivity index (χ1n) is 5.52. The number of halogens is 3. The molecule has 1 unspecified atom stereocenters. The molecule has 9 heteroatoms. The number of nitrogens with one attached hydrogen (secondary N) is 1. The summed E-state index contributed by atoms with van der Waals surface area (Å²) in [6, 6.07) is -1.30. The van der Waals surface area contributed by atoms with E-state index in [9.17, 15) is 22.8 Å². The first-order valence-corrected chi connectivity index (χ1v) is 6.92. The van der Waals surface area contributed by atoms with Gasteiger partial charge in [0.2, 0.25) is 0 Å². The summed E-state index contributed by atoms with van der Waals surface area (Å²) in [7, 11) is 0. The fourth-order valence-corrected chi connectivity index (χ4v) is 2.03. The van der Waals surface area contributed by atoms with Crippen molar-refractivity contribution in [1.82, 2.24) is 10.2 Å². The molecule has 0 rings (SSSR count). The van der Waals surface area contributed by atoms with Crippen LogP contribution in [0.4, 0.5) is 18.0 Å². The number of hydrogen-bond donors (Lipinski definition) is 2. The molecule has 112 valence electrons.